The summed E-state index contributed by atoms with van der Waals surface area (Å²) in [5.74, 6) is -4.65. The number of nitrogens with one attached hydrogen (secondary N) is 1. The van der Waals surface area contributed by atoms with E-state index in [1.165, 1.54) is 42.5 Å². The molecule has 1 amide bonds. The number of amides is 1. The fourth-order valence-electron chi connectivity index (χ4n) is 5.40. The Hall–Kier alpha value is -4.99. The largest absolute Gasteiger partial charge is 0.508 e. The van der Waals surface area contributed by atoms with Gasteiger partial charge in [-0.1, -0.05) is 25.3 Å². The lowest BCUT2D eigenvalue weighted by molar-refractivity contribution is 0.0691. The number of benzene rings is 3. The maximum Gasteiger partial charge on any atom is 0.336 e. The number of fused-ring (bicyclic) bond motifs is 1. The normalized spacial score (nSPS) is 17.3. The van der Waals surface area contributed by atoms with E-state index in [1.807, 2.05) is 0 Å². The predicted molar refractivity (Wildman–Crippen MR) is 143 cm³/mol. The summed E-state index contributed by atoms with van der Waals surface area (Å²) in [7, 11) is 0. The van der Waals surface area contributed by atoms with Crippen LogP contribution >= 0.6 is 0 Å². The van der Waals surface area contributed by atoms with E-state index in [-0.39, 0.29) is 28.4 Å². The first-order valence-corrected chi connectivity index (χ1v) is 12.8. The van der Waals surface area contributed by atoms with Crippen molar-refractivity contribution in [2.24, 2.45) is 0 Å². The maximum atomic E-state index is 13.6. The highest BCUT2D eigenvalue weighted by Crippen LogP contribution is 2.46. The van der Waals surface area contributed by atoms with Gasteiger partial charge in [0.05, 0.1) is 22.1 Å². The predicted octanol–water partition coefficient (Wildman–Crippen LogP) is 5.03. The van der Waals surface area contributed by atoms with Crippen molar-refractivity contribution in [1.82, 2.24) is 5.32 Å². The molecule has 0 bridgehead atoms. The molecule has 1 aliphatic rings. The second-order valence-electron chi connectivity index (χ2n) is 9.85. The highest BCUT2D eigenvalue weighted by molar-refractivity contribution is 6.23. The van der Waals surface area contributed by atoms with Crippen LogP contribution in [0.15, 0.2) is 59.0 Å². The number of rotatable bonds is 6. The van der Waals surface area contributed by atoms with Crippen LogP contribution in [0.2, 0.25) is 0 Å². The van der Waals surface area contributed by atoms with Crippen molar-refractivity contribution in [2.75, 3.05) is 0 Å². The molecular formula is C30H27NO9. The summed E-state index contributed by atoms with van der Waals surface area (Å²) in [6, 6.07) is 11.6. The minimum atomic E-state index is -1.45. The number of aromatic carboxylic acids is 1. The molecule has 2 unspecified atom stereocenters. The lowest BCUT2D eigenvalue weighted by Crippen LogP contribution is -2.38. The van der Waals surface area contributed by atoms with Crippen molar-refractivity contribution in [3.63, 3.8) is 0 Å². The van der Waals surface area contributed by atoms with E-state index in [4.69, 9.17) is 4.42 Å². The zero-order valence-electron chi connectivity index (χ0n) is 21.3. The molecule has 0 aliphatic heterocycles. The highest BCUT2D eigenvalue weighted by Gasteiger charge is 2.35. The average molecular weight is 546 g/mol. The summed E-state index contributed by atoms with van der Waals surface area (Å²) >= 11 is 0. The van der Waals surface area contributed by atoms with Crippen LogP contribution in [0.1, 0.15) is 80.4 Å². The molecular weight excluding hydrogens is 518 g/mol. The molecule has 40 heavy (non-hydrogen) atoms. The molecule has 3 aromatic carbocycles. The van der Waals surface area contributed by atoms with E-state index < -0.39 is 57.7 Å². The number of aromatic hydroxyl groups is 4. The minimum Gasteiger partial charge on any atom is -0.508 e. The smallest absolute Gasteiger partial charge is 0.336 e. The number of furan rings is 1. The van der Waals surface area contributed by atoms with Gasteiger partial charge in [-0.2, -0.15) is 0 Å². The van der Waals surface area contributed by atoms with Crippen LogP contribution in [-0.4, -0.2) is 49.2 Å². The van der Waals surface area contributed by atoms with E-state index in [2.05, 4.69) is 5.32 Å². The fraction of sp³-hybridized carbons (Fsp3) is 0.233. The molecule has 0 saturated heterocycles. The van der Waals surface area contributed by atoms with Crippen LogP contribution in [0.25, 0.3) is 11.0 Å². The molecule has 5 rings (SSSR count). The molecule has 1 aromatic heterocycles. The summed E-state index contributed by atoms with van der Waals surface area (Å²) in [6.45, 7) is 0. The van der Waals surface area contributed by atoms with E-state index in [0.717, 1.165) is 31.4 Å². The number of carbonyl (C=O) groups excluding carboxylic acids is 2. The molecule has 1 saturated carbocycles. The molecule has 1 fully saturated rings. The Bertz CT molecular complexity index is 1620. The van der Waals surface area contributed by atoms with Gasteiger partial charge in [-0.05, 0) is 61.4 Å². The van der Waals surface area contributed by atoms with Crippen LogP contribution in [0.4, 0.5) is 0 Å². The van der Waals surface area contributed by atoms with Gasteiger partial charge in [0.15, 0.2) is 11.5 Å². The summed E-state index contributed by atoms with van der Waals surface area (Å²) in [4.78, 5) is 38.4. The van der Waals surface area contributed by atoms with Crippen LogP contribution in [-0.2, 0) is 0 Å². The van der Waals surface area contributed by atoms with E-state index in [0.29, 0.717) is 18.4 Å². The summed E-state index contributed by atoms with van der Waals surface area (Å²) < 4.78 is 6.04. The first-order valence-electron chi connectivity index (χ1n) is 12.8. The van der Waals surface area contributed by atoms with Gasteiger partial charge in [-0.25, -0.2) is 4.79 Å². The maximum absolute atomic E-state index is 13.6. The Morgan fingerprint density at radius 2 is 1.50 bits per heavy atom. The van der Waals surface area contributed by atoms with Crippen molar-refractivity contribution >= 4 is 28.6 Å². The zero-order chi connectivity index (χ0) is 28.6. The standard InChI is InChI=1S/C30H27NO9/c32-16-11-9-15(10-12-16)29(37)31-19-7-3-1-2-5-17(19)28-27(36)25-22(40-28)14-13-21(34)24(25)26(35)23-18(30(38)39)6-4-8-20(23)33/h4,6,8-14,17,19,32-34,36H,1-3,5,7H2,(H,31,37)(H,38,39). The Morgan fingerprint density at radius 3 is 2.23 bits per heavy atom. The third kappa shape index (κ3) is 4.79. The SMILES string of the molecule is O=C(NC1CCCCCC1c1oc2ccc(O)c(C(=O)c3c(O)cccc3C(=O)O)c2c1O)c1ccc(O)cc1. The lowest BCUT2D eigenvalue weighted by atomic mass is 9.90. The molecule has 0 spiro atoms. The number of hydrogen-bond donors (Lipinski definition) is 6. The van der Waals surface area contributed by atoms with Gasteiger partial charge in [0.1, 0.15) is 22.8 Å². The van der Waals surface area contributed by atoms with Gasteiger partial charge in [0, 0.05) is 17.5 Å². The molecule has 4 aromatic rings. The Morgan fingerprint density at radius 1 is 0.800 bits per heavy atom. The Labute approximate surface area is 228 Å². The second-order valence-corrected chi connectivity index (χ2v) is 9.85. The van der Waals surface area contributed by atoms with Crippen LogP contribution in [0, 0.1) is 0 Å². The molecule has 10 heteroatoms. The molecule has 10 nitrogen and oxygen atoms in total. The number of ketones is 1. The van der Waals surface area contributed by atoms with Gasteiger partial charge in [0.2, 0.25) is 5.78 Å². The lowest BCUT2D eigenvalue weighted by Gasteiger charge is -2.25. The van der Waals surface area contributed by atoms with E-state index >= 15 is 0 Å². The number of carboxylic acid groups (broad SMARTS) is 1. The molecule has 1 aliphatic carbocycles. The molecule has 0 radical (unpaired) electrons. The Balaban J connectivity index is 1.58. The first-order chi connectivity index (χ1) is 19.2. The van der Waals surface area contributed by atoms with Gasteiger partial charge >= 0.3 is 5.97 Å². The topological polar surface area (TPSA) is 178 Å². The van der Waals surface area contributed by atoms with Crippen LogP contribution in [0.3, 0.4) is 0 Å². The number of hydrogen-bond acceptors (Lipinski definition) is 8. The van der Waals surface area contributed by atoms with Crippen LogP contribution in [0.5, 0.6) is 23.0 Å². The number of phenols is 3. The first kappa shape index (κ1) is 26.6. The quantitative estimate of drug-likeness (QED) is 0.143. The third-order valence-corrected chi connectivity index (χ3v) is 7.36. The summed E-state index contributed by atoms with van der Waals surface area (Å²) in [5.41, 5.74) is -0.982. The highest BCUT2D eigenvalue weighted by atomic mass is 16.4. The molecule has 2 atom stereocenters. The van der Waals surface area contributed by atoms with Gasteiger partial charge in [-0.3, -0.25) is 9.59 Å². The fourth-order valence-corrected chi connectivity index (χ4v) is 5.40. The zero-order valence-corrected chi connectivity index (χ0v) is 21.3. The number of carboxylic acids is 1. The van der Waals surface area contributed by atoms with E-state index in [9.17, 15) is 39.9 Å². The van der Waals surface area contributed by atoms with Crippen molar-refractivity contribution < 1.29 is 44.3 Å². The third-order valence-electron chi connectivity index (χ3n) is 7.36. The average Bonchev–Trinajstić information content (AvgIpc) is 3.09. The van der Waals surface area contributed by atoms with Crippen molar-refractivity contribution in [1.29, 1.82) is 0 Å². The summed E-state index contributed by atoms with van der Waals surface area (Å²) in [5, 5.41) is 54.5. The van der Waals surface area contributed by atoms with Gasteiger partial charge in [-0.15, -0.1) is 0 Å². The van der Waals surface area contributed by atoms with E-state index in [1.54, 1.807) is 0 Å². The molecule has 1 heterocycles. The van der Waals surface area contributed by atoms with Gasteiger partial charge in [0.25, 0.3) is 5.91 Å². The second kappa shape index (κ2) is 10.6. The van der Waals surface area contributed by atoms with Crippen molar-refractivity contribution in [2.45, 2.75) is 44.1 Å². The van der Waals surface area contributed by atoms with Crippen LogP contribution < -0.4 is 5.32 Å². The monoisotopic (exact) mass is 545 g/mol. The Kier molecular flexibility index (Phi) is 7.08. The minimum absolute atomic E-state index is 0.0315. The molecule has 206 valence electrons. The summed E-state index contributed by atoms with van der Waals surface area (Å²) in [6.07, 6.45) is 3.68. The van der Waals surface area contributed by atoms with Crippen molar-refractivity contribution in [3.8, 4) is 23.0 Å². The van der Waals surface area contributed by atoms with Gasteiger partial charge < -0.3 is 35.3 Å². The number of carbonyl (C=O) groups is 3. The number of phenolic OH excluding ortho intramolecular Hbond substituents is 3. The van der Waals surface area contributed by atoms with Crippen molar-refractivity contribution in [3.05, 3.63) is 82.6 Å². The molecule has 6 N–H and O–H groups in total.